The molecule has 136 valence electrons. The zero-order valence-electron chi connectivity index (χ0n) is 14.8. The molecule has 1 N–H and O–H groups in total. The highest BCUT2D eigenvalue weighted by Crippen LogP contribution is 2.22. The molecular formula is C18H21N5O2S. The van der Waals surface area contributed by atoms with Crippen LogP contribution in [0.5, 0.6) is 0 Å². The normalized spacial score (nSPS) is 11.0. The van der Waals surface area contributed by atoms with Gasteiger partial charge < -0.3 is 14.3 Å². The van der Waals surface area contributed by atoms with Crippen molar-refractivity contribution < 1.29 is 9.21 Å². The highest BCUT2D eigenvalue weighted by atomic mass is 32.2. The summed E-state index contributed by atoms with van der Waals surface area (Å²) in [7, 11) is 0. The number of amides is 1. The van der Waals surface area contributed by atoms with Gasteiger partial charge in [0.2, 0.25) is 0 Å². The van der Waals surface area contributed by atoms with Crippen LogP contribution in [0.3, 0.4) is 0 Å². The Morgan fingerprint density at radius 2 is 2.08 bits per heavy atom. The van der Waals surface area contributed by atoms with Gasteiger partial charge in [0, 0.05) is 24.7 Å². The number of furan rings is 1. The predicted molar refractivity (Wildman–Crippen MR) is 98.5 cm³/mol. The van der Waals surface area contributed by atoms with Crippen molar-refractivity contribution in [3.63, 3.8) is 0 Å². The highest BCUT2D eigenvalue weighted by Gasteiger charge is 2.16. The van der Waals surface area contributed by atoms with Crippen molar-refractivity contribution in [3.8, 4) is 0 Å². The summed E-state index contributed by atoms with van der Waals surface area (Å²) in [5.41, 5.74) is 1.18. The van der Waals surface area contributed by atoms with Crippen LogP contribution < -0.4 is 5.32 Å². The Hall–Kier alpha value is -2.61. The minimum Gasteiger partial charge on any atom is -0.459 e. The molecule has 3 aromatic rings. The van der Waals surface area contributed by atoms with Gasteiger partial charge in [-0.25, -0.2) is 0 Å². The molecule has 3 aromatic heterocycles. The maximum atomic E-state index is 12.1. The molecule has 3 heterocycles. The van der Waals surface area contributed by atoms with Gasteiger partial charge in [0.05, 0.1) is 12.8 Å². The van der Waals surface area contributed by atoms with Crippen molar-refractivity contribution in [2.45, 2.75) is 37.8 Å². The largest absolute Gasteiger partial charge is 0.459 e. The van der Waals surface area contributed by atoms with Gasteiger partial charge in [0.1, 0.15) is 0 Å². The lowest BCUT2D eigenvalue weighted by Gasteiger charge is -2.12. The number of carbonyl (C=O) groups excluding carboxylic acids is 1. The molecule has 26 heavy (non-hydrogen) atoms. The summed E-state index contributed by atoms with van der Waals surface area (Å²) in [5, 5.41) is 12.3. The lowest BCUT2D eigenvalue weighted by Crippen LogP contribution is -2.25. The molecule has 0 aliphatic rings. The molecule has 0 atom stereocenters. The summed E-state index contributed by atoms with van der Waals surface area (Å²) in [6.45, 7) is 5.37. The molecule has 0 aliphatic carbocycles. The predicted octanol–water partition coefficient (Wildman–Crippen LogP) is 3.14. The molecule has 0 spiro atoms. The van der Waals surface area contributed by atoms with Gasteiger partial charge in [-0.2, -0.15) is 0 Å². The number of aromatic nitrogens is 4. The number of nitrogens with zero attached hydrogens (tertiary/aromatic N) is 4. The molecular weight excluding hydrogens is 350 g/mol. The molecule has 8 heteroatoms. The summed E-state index contributed by atoms with van der Waals surface area (Å²) < 4.78 is 7.18. The van der Waals surface area contributed by atoms with Gasteiger partial charge in [-0.1, -0.05) is 25.6 Å². The maximum Gasteiger partial charge on any atom is 0.287 e. The standard InChI is InChI=1S/C18H21N5O2S/c1-13(2)11-23-16(10-20-17(24)15-4-3-9-25-15)21-22-18(23)26-12-14-5-7-19-8-6-14/h3-9,13H,10-12H2,1-2H3,(H,20,24). The first-order valence-corrected chi connectivity index (χ1v) is 9.37. The van der Waals surface area contributed by atoms with Crippen molar-refractivity contribution >= 4 is 17.7 Å². The Labute approximate surface area is 156 Å². The molecule has 0 unspecified atom stereocenters. The minimum absolute atomic E-state index is 0.264. The Morgan fingerprint density at radius 3 is 2.77 bits per heavy atom. The number of rotatable bonds is 8. The van der Waals surface area contributed by atoms with Crippen LogP contribution in [0.1, 0.15) is 35.8 Å². The number of carbonyl (C=O) groups is 1. The fourth-order valence-electron chi connectivity index (χ4n) is 2.39. The Kier molecular flexibility index (Phi) is 6.06. The van der Waals surface area contributed by atoms with E-state index in [-0.39, 0.29) is 11.7 Å². The number of thioether (sulfide) groups is 1. The molecule has 1 amide bonds. The molecule has 7 nitrogen and oxygen atoms in total. The fourth-order valence-corrected chi connectivity index (χ4v) is 3.31. The number of hydrogen-bond acceptors (Lipinski definition) is 6. The van der Waals surface area contributed by atoms with Crippen LogP contribution in [-0.2, 0) is 18.8 Å². The second kappa shape index (κ2) is 8.66. The topological polar surface area (TPSA) is 85.8 Å². The molecule has 0 saturated heterocycles. The van der Waals surface area contributed by atoms with E-state index in [0.717, 1.165) is 23.3 Å². The quantitative estimate of drug-likeness (QED) is 0.612. The van der Waals surface area contributed by atoms with E-state index in [9.17, 15) is 4.79 Å². The van der Waals surface area contributed by atoms with E-state index < -0.39 is 0 Å². The molecule has 0 aliphatic heterocycles. The first-order chi connectivity index (χ1) is 12.6. The Morgan fingerprint density at radius 1 is 1.27 bits per heavy atom. The van der Waals surface area contributed by atoms with Crippen LogP contribution in [-0.4, -0.2) is 25.7 Å². The average Bonchev–Trinajstić information content (AvgIpc) is 3.29. The zero-order valence-corrected chi connectivity index (χ0v) is 15.6. The van der Waals surface area contributed by atoms with Gasteiger partial charge in [0.15, 0.2) is 16.7 Å². The lowest BCUT2D eigenvalue weighted by atomic mass is 10.2. The Balaban J connectivity index is 1.68. The van der Waals surface area contributed by atoms with Crippen molar-refractivity contribution in [1.82, 2.24) is 25.1 Å². The SMILES string of the molecule is CC(C)Cn1c(CNC(=O)c2ccco2)nnc1SCc1ccncc1. The van der Waals surface area contributed by atoms with Crippen LogP contribution >= 0.6 is 11.8 Å². The van der Waals surface area contributed by atoms with Crippen molar-refractivity contribution in [2.24, 2.45) is 5.92 Å². The van der Waals surface area contributed by atoms with Crippen molar-refractivity contribution in [3.05, 3.63) is 60.1 Å². The second-order valence-corrected chi connectivity index (χ2v) is 7.15. The van der Waals surface area contributed by atoms with Crippen LogP contribution in [0.25, 0.3) is 0 Å². The molecule has 0 bridgehead atoms. The zero-order chi connectivity index (χ0) is 18.4. The van der Waals surface area contributed by atoms with E-state index in [2.05, 4.69) is 38.9 Å². The number of nitrogens with one attached hydrogen (secondary N) is 1. The second-order valence-electron chi connectivity index (χ2n) is 6.21. The molecule has 3 rings (SSSR count). The van der Waals surface area contributed by atoms with Crippen LogP contribution in [0.2, 0.25) is 0 Å². The minimum atomic E-state index is -0.264. The van der Waals surface area contributed by atoms with Crippen molar-refractivity contribution in [1.29, 1.82) is 0 Å². The average molecular weight is 371 g/mol. The molecule has 0 radical (unpaired) electrons. The third kappa shape index (κ3) is 4.72. The van der Waals surface area contributed by atoms with Gasteiger partial charge in [0.25, 0.3) is 5.91 Å². The number of pyridine rings is 1. The maximum absolute atomic E-state index is 12.1. The van der Waals surface area contributed by atoms with E-state index in [1.54, 1.807) is 36.3 Å². The summed E-state index contributed by atoms with van der Waals surface area (Å²) in [4.78, 5) is 16.1. The van der Waals surface area contributed by atoms with E-state index >= 15 is 0 Å². The fraction of sp³-hybridized carbons (Fsp3) is 0.333. The summed E-state index contributed by atoms with van der Waals surface area (Å²) in [6.07, 6.45) is 5.04. The van der Waals surface area contributed by atoms with Crippen molar-refractivity contribution in [2.75, 3.05) is 0 Å². The third-order valence-corrected chi connectivity index (χ3v) is 4.65. The van der Waals surface area contributed by atoms with E-state index in [1.165, 1.54) is 11.8 Å². The smallest absolute Gasteiger partial charge is 0.287 e. The lowest BCUT2D eigenvalue weighted by molar-refractivity contribution is 0.0921. The first-order valence-electron chi connectivity index (χ1n) is 8.39. The molecule has 0 aromatic carbocycles. The Bertz CT molecular complexity index is 831. The van der Waals surface area contributed by atoms with E-state index in [4.69, 9.17) is 4.42 Å². The summed E-state index contributed by atoms with van der Waals surface area (Å²) >= 11 is 1.63. The van der Waals surface area contributed by atoms with Gasteiger partial charge in [-0.15, -0.1) is 10.2 Å². The monoisotopic (exact) mass is 371 g/mol. The highest BCUT2D eigenvalue weighted by molar-refractivity contribution is 7.98. The van der Waals surface area contributed by atoms with E-state index in [0.29, 0.717) is 12.5 Å². The van der Waals surface area contributed by atoms with Crippen LogP contribution in [0.4, 0.5) is 0 Å². The summed E-state index contributed by atoms with van der Waals surface area (Å²) in [5.74, 6) is 1.98. The first kappa shape index (κ1) is 18.2. The molecule has 0 saturated carbocycles. The molecule has 0 fully saturated rings. The summed E-state index contributed by atoms with van der Waals surface area (Å²) in [6, 6.07) is 7.29. The number of hydrogen-bond donors (Lipinski definition) is 1. The van der Waals surface area contributed by atoms with Gasteiger partial charge in [-0.3, -0.25) is 9.78 Å². The van der Waals surface area contributed by atoms with E-state index in [1.807, 2.05) is 12.1 Å². The van der Waals surface area contributed by atoms with Crippen LogP contribution in [0, 0.1) is 5.92 Å². The van der Waals surface area contributed by atoms with Crippen LogP contribution in [0.15, 0.2) is 52.5 Å². The van der Waals surface area contributed by atoms with Gasteiger partial charge in [-0.05, 0) is 35.7 Å². The third-order valence-electron chi connectivity index (χ3n) is 3.61. The van der Waals surface area contributed by atoms with Gasteiger partial charge >= 0.3 is 0 Å².